The molecule has 2 amide bonds. The SMILES string of the molecule is CCc1nn(C)c(NC(=O)N(C)[C@@H](C)c2cc3ccccc3[nH]2)c1C. The number of fused-ring (bicyclic) bond motifs is 1. The first-order chi connectivity index (χ1) is 11.9. The fourth-order valence-corrected chi connectivity index (χ4v) is 3.09. The topological polar surface area (TPSA) is 66.0 Å². The van der Waals surface area contributed by atoms with Crippen LogP contribution in [0.3, 0.4) is 0 Å². The largest absolute Gasteiger partial charge is 0.357 e. The molecule has 1 aromatic carbocycles. The second-order valence-electron chi connectivity index (χ2n) is 6.43. The lowest BCUT2D eigenvalue weighted by Crippen LogP contribution is -2.34. The molecule has 0 aliphatic heterocycles. The summed E-state index contributed by atoms with van der Waals surface area (Å²) in [5, 5.41) is 8.59. The fraction of sp³-hybridized carbons (Fsp3) is 0.368. The summed E-state index contributed by atoms with van der Waals surface area (Å²) in [6.07, 6.45) is 0.844. The van der Waals surface area contributed by atoms with E-state index in [1.54, 1.807) is 16.6 Å². The standard InChI is InChI=1S/C19H25N5O/c1-6-15-12(2)18(24(5)22-15)21-19(25)23(4)13(3)17-11-14-9-7-8-10-16(14)20-17/h7-11,13,20H,6H2,1-5H3,(H,21,25)/t13-/m0/s1. The Labute approximate surface area is 147 Å². The van der Waals surface area contributed by atoms with Crippen LogP contribution < -0.4 is 5.32 Å². The molecule has 0 radical (unpaired) electrons. The monoisotopic (exact) mass is 339 g/mol. The highest BCUT2D eigenvalue weighted by molar-refractivity contribution is 5.89. The van der Waals surface area contributed by atoms with E-state index < -0.39 is 0 Å². The Balaban J connectivity index is 1.78. The van der Waals surface area contributed by atoms with Crippen molar-refractivity contribution in [1.29, 1.82) is 0 Å². The number of aromatic nitrogens is 3. The molecule has 2 N–H and O–H groups in total. The molecule has 0 fully saturated rings. The van der Waals surface area contributed by atoms with Gasteiger partial charge < -0.3 is 9.88 Å². The van der Waals surface area contributed by atoms with Crippen LogP contribution in [0.5, 0.6) is 0 Å². The average molecular weight is 339 g/mol. The van der Waals surface area contributed by atoms with E-state index in [0.29, 0.717) is 0 Å². The molecule has 0 bridgehead atoms. The number of amides is 2. The van der Waals surface area contributed by atoms with Gasteiger partial charge in [0.1, 0.15) is 5.82 Å². The number of anilines is 1. The summed E-state index contributed by atoms with van der Waals surface area (Å²) in [5.74, 6) is 0.748. The quantitative estimate of drug-likeness (QED) is 0.754. The van der Waals surface area contributed by atoms with Crippen LogP contribution in [0.25, 0.3) is 10.9 Å². The Kier molecular flexibility index (Phi) is 4.53. The number of H-pyrrole nitrogens is 1. The Morgan fingerprint density at radius 2 is 2.12 bits per heavy atom. The van der Waals surface area contributed by atoms with Crippen molar-refractivity contribution in [1.82, 2.24) is 19.7 Å². The molecular weight excluding hydrogens is 314 g/mol. The molecule has 0 aliphatic rings. The van der Waals surface area contributed by atoms with Crippen molar-refractivity contribution in [3.63, 3.8) is 0 Å². The number of rotatable bonds is 4. The van der Waals surface area contributed by atoms with E-state index in [1.807, 2.05) is 39.1 Å². The van der Waals surface area contributed by atoms with Gasteiger partial charge in [-0.15, -0.1) is 0 Å². The lowest BCUT2D eigenvalue weighted by molar-refractivity contribution is 0.207. The van der Waals surface area contributed by atoms with Crippen molar-refractivity contribution >= 4 is 22.8 Å². The lowest BCUT2D eigenvalue weighted by atomic mass is 10.2. The molecule has 6 heteroatoms. The van der Waals surface area contributed by atoms with Crippen molar-refractivity contribution in [3.05, 3.63) is 47.3 Å². The zero-order valence-corrected chi connectivity index (χ0v) is 15.4. The van der Waals surface area contributed by atoms with Gasteiger partial charge in [-0.2, -0.15) is 5.10 Å². The number of para-hydroxylation sites is 1. The van der Waals surface area contributed by atoms with Gasteiger partial charge in [0.15, 0.2) is 0 Å². The second kappa shape index (κ2) is 6.63. The van der Waals surface area contributed by atoms with Gasteiger partial charge in [-0.3, -0.25) is 10.00 Å². The van der Waals surface area contributed by atoms with E-state index in [1.165, 1.54) is 0 Å². The van der Waals surface area contributed by atoms with Crippen LogP contribution in [0.4, 0.5) is 10.6 Å². The molecule has 0 saturated carbocycles. The number of benzene rings is 1. The minimum Gasteiger partial charge on any atom is -0.357 e. The molecule has 0 saturated heterocycles. The number of carbonyl (C=O) groups excluding carboxylic acids is 1. The van der Waals surface area contributed by atoms with Crippen molar-refractivity contribution in [2.45, 2.75) is 33.2 Å². The van der Waals surface area contributed by atoms with Crippen molar-refractivity contribution in [2.24, 2.45) is 7.05 Å². The smallest absolute Gasteiger partial charge is 0.323 e. The number of urea groups is 1. The van der Waals surface area contributed by atoms with Crippen LogP contribution >= 0.6 is 0 Å². The maximum Gasteiger partial charge on any atom is 0.323 e. The zero-order valence-electron chi connectivity index (χ0n) is 15.4. The predicted octanol–water partition coefficient (Wildman–Crippen LogP) is 4.00. The molecule has 0 unspecified atom stereocenters. The third kappa shape index (κ3) is 3.12. The summed E-state index contributed by atoms with van der Waals surface area (Å²) in [7, 11) is 3.65. The fourth-order valence-electron chi connectivity index (χ4n) is 3.09. The van der Waals surface area contributed by atoms with E-state index >= 15 is 0 Å². The van der Waals surface area contributed by atoms with E-state index in [-0.39, 0.29) is 12.1 Å². The molecular formula is C19H25N5O. The molecule has 0 spiro atoms. The number of hydrogen-bond donors (Lipinski definition) is 2. The predicted molar refractivity (Wildman–Crippen MR) is 101 cm³/mol. The van der Waals surface area contributed by atoms with Gasteiger partial charge >= 0.3 is 6.03 Å². The molecule has 2 aromatic heterocycles. The molecule has 1 atom stereocenters. The number of nitrogens with zero attached hydrogens (tertiary/aromatic N) is 3. The van der Waals surface area contributed by atoms with Crippen molar-refractivity contribution in [2.75, 3.05) is 12.4 Å². The highest BCUT2D eigenvalue weighted by Gasteiger charge is 2.21. The molecule has 6 nitrogen and oxygen atoms in total. The van der Waals surface area contributed by atoms with Crippen molar-refractivity contribution < 1.29 is 4.79 Å². The maximum atomic E-state index is 12.7. The number of carbonyl (C=O) groups is 1. The van der Waals surface area contributed by atoms with Crippen LogP contribution in [0.15, 0.2) is 30.3 Å². The van der Waals surface area contributed by atoms with Gasteiger partial charge in [0.05, 0.1) is 11.7 Å². The average Bonchev–Trinajstić information content (AvgIpc) is 3.16. The third-order valence-corrected chi connectivity index (χ3v) is 4.84. The van der Waals surface area contributed by atoms with Gasteiger partial charge in [0.25, 0.3) is 0 Å². The minimum absolute atomic E-state index is 0.0772. The van der Waals surface area contributed by atoms with Crippen LogP contribution in [0.2, 0.25) is 0 Å². The van der Waals surface area contributed by atoms with Gasteiger partial charge in [-0.05, 0) is 37.8 Å². The summed E-state index contributed by atoms with van der Waals surface area (Å²) in [5.41, 5.74) is 4.11. The minimum atomic E-state index is -0.153. The van der Waals surface area contributed by atoms with Crippen LogP contribution in [0, 0.1) is 6.92 Å². The Hall–Kier alpha value is -2.76. The first kappa shape index (κ1) is 17.1. The molecule has 2 heterocycles. The van der Waals surface area contributed by atoms with E-state index in [2.05, 4.69) is 34.5 Å². The Morgan fingerprint density at radius 3 is 2.76 bits per heavy atom. The van der Waals surface area contributed by atoms with E-state index in [9.17, 15) is 4.79 Å². The first-order valence-corrected chi connectivity index (χ1v) is 8.56. The first-order valence-electron chi connectivity index (χ1n) is 8.56. The molecule has 132 valence electrons. The van der Waals surface area contributed by atoms with Gasteiger partial charge in [-0.25, -0.2) is 4.79 Å². The van der Waals surface area contributed by atoms with Crippen LogP contribution in [-0.2, 0) is 13.5 Å². The van der Waals surface area contributed by atoms with E-state index in [4.69, 9.17) is 0 Å². The lowest BCUT2D eigenvalue weighted by Gasteiger charge is -2.24. The van der Waals surface area contributed by atoms with E-state index in [0.717, 1.165) is 40.1 Å². The van der Waals surface area contributed by atoms with Gasteiger partial charge in [0, 0.05) is 30.9 Å². The molecule has 25 heavy (non-hydrogen) atoms. The maximum absolute atomic E-state index is 12.7. The van der Waals surface area contributed by atoms with Gasteiger partial charge in [-0.1, -0.05) is 25.1 Å². The Bertz CT molecular complexity index is 875. The summed E-state index contributed by atoms with van der Waals surface area (Å²) >= 11 is 0. The highest BCUT2D eigenvalue weighted by atomic mass is 16.2. The van der Waals surface area contributed by atoms with Crippen LogP contribution in [-0.4, -0.2) is 32.7 Å². The van der Waals surface area contributed by atoms with Crippen LogP contribution in [0.1, 0.15) is 36.8 Å². The second-order valence-corrected chi connectivity index (χ2v) is 6.43. The number of hydrogen-bond acceptors (Lipinski definition) is 2. The summed E-state index contributed by atoms with van der Waals surface area (Å²) in [6, 6.07) is 9.97. The zero-order chi connectivity index (χ0) is 18.1. The molecule has 3 aromatic rings. The number of nitrogens with one attached hydrogen (secondary N) is 2. The summed E-state index contributed by atoms with van der Waals surface area (Å²) in [6.45, 7) is 6.06. The summed E-state index contributed by atoms with van der Waals surface area (Å²) in [4.78, 5) is 17.8. The Morgan fingerprint density at radius 1 is 1.40 bits per heavy atom. The third-order valence-electron chi connectivity index (χ3n) is 4.84. The van der Waals surface area contributed by atoms with Crippen molar-refractivity contribution in [3.8, 4) is 0 Å². The number of aromatic amines is 1. The van der Waals surface area contributed by atoms with Gasteiger partial charge in [0.2, 0.25) is 0 Å². The highest BCUT2D eigenvalue weighted by Crippen LogP contribution is 2.24. The molecule has 0 aliphatic carbocycles. The normalized spacial score (nSPS) is 12.4. The number of aryl methyl sites for hydroxylation is 2. The molecule has 3 rings (SSSR count). The summed E-state index contributed by atoms with van der Waals surface area (Å²) < 4.78 is 1.73.